The number of amides is 2. The number of primary amides is 1. The Hall–Kier alpha value is -2.57. The lowest BCUT2D eigenvalue weighted by Crippen LogP contribution is -2.39. The van der Waals surface area contributed by atoms with E-state index < -0.39 is 5.91 Å². The van der Waals surface area contributed by atoms with E-state index in [0.717, 1.165) is 36.2 Å². The highest BCUT2D eigenvalue weighted by Gasteiger charge is 2.33. The molecule has 1 atom stereocenters. The number of hydrogen-bond donors (Lipinski definition) is 2. The van der Waals surface area contributed by atoms with Crippen LogP contribution in [0.1, 0.15) is 83.0 Å². The number of piperidine rings is 1. The Morgan fingerprint density at radius 2 is 2.00 bits per heavy atom. The van der Waals surface area contributed by atoms with Crippen molar-refractivity contribution in [3.05, 3.63) is 40.5 Å². The summed E-state index contributed by atoms with van der Waals surface area (Å²) in [6.45, 7) is 8.90. The second-order valence-corrected chi connectivity index (χ2v) is 7.32. The number of nitrogens with one attached hydrogen (secondary N) is 1. The molecule has 0 saturated carbocycles. The van der Waals surface area contributed by atoms with Gasteiger partial charge in [0, 0.05) is 24.0 Å². The fraction of sp³-hybridized carbons (Fsp3) is 0.526. The minimum absolute atomic E-state index is 0.000259. The summed E-state index contributed by atoms with van der Waals surface area (Å²) in [5.74, 6) is -0.524. The first-order valence-electron chi connectivity index (χ1n) is 9.15. The number of hydrogen-bond acceptors (Lipinski definition) is 3. The molecule has 26 heavy (non-hydrogen) atoms. The Morgan fingerprint density at radius 3 is 2.62 bits per heavy atom. The zero-order valence-corrected chi connectivity index (χ0v) is 15.9. The first kappa shape index (κ1) is 18.2. The van der Waals surface area contributed by atoms with Gasteiger partial charge in [-0.15, -0.1) is 0 Å². The van der Waals surface area contributed by atoms with Crippen molar-refractivity contribution < 1.29 is 9.59 Å². The van der Waals surface area contributed by atoms with Crippen LogP contribution in [0.15, 0.2) is 12.3 Å². The number of carbonyl (C=O) groups excluding carboxylic acids is 2. The Morgan fingerprint density at radius 1 is 1.27 bits per heavy atom. The Labute approximate surface area is 153 Å². The average molecular weight is 357 g/mol. The van der Waals surface area contributed by atoms with Crippen molar-refractivity contribution in [3.8, 4) is 0 Å². The van der Waals surface area contributed by atoms with E-state index in [4.69, 9.17) is 5.73 Å². The number of H-pyrrole nitrogens is 1. The summed E-state index contributed by atoms with van der Waals surface area (Å²) in [5, 5.41) is 6.87. The molecular formula is C19H27N5O2. The van der Waals surface area contributed by atoms with Crippen molar-refractivity contribution in [2.45, 2.75) is 59.0 Å². The molecule has 3 rings (SSSR count). The van der Waals surface area contributed by atoms with E-state index in [-0.39, 0.29) is 11.9 Å². The molecule has 1 unspecified atom stereocenters. The smallest absolute Gasteiger partial charge is 0.256 e. The van der Waals surface area contributed by atoms with Crippen LogP contribution in [0.4, 0.5) is 0 Å². The van der Waals surface area contributed by atoms with Crippen LogP contribution < -0.4 is 5.73 Å². The maximum atomic E-state index is 13.4. The van der Waals surface area contributed by atoms with E-state index in [0.29, 0.717) is 23.8 Å². The van der Waals surface area contributed by atoms with Crippen molar-refractivity contribution in [3.63, 3.8) is 0 Å². The van der Waals surface area contributed by atoms with Crippen LogP contribution >= 0.6 is 0 Å². The quantitative estimate of drug-likeness (QED) is 0.880. The molecule has 3 N–H and O–H groups in total. The van der Waals surface area contributed by atoms with E-state index in [2.05, 4.69) is 28.6 Å². The fourth-order valence-corrected chi connectivity index (χ4v) is 4.16. The number of likely N-dealkylation sites (tertiary alicyclic amines) is 1. The van der Waals surface area contributed by atoms with Crippen LogP contribution in [-0.4, -0.2) is 38.0 Å². The second-order valence-electron chi connectivity index (χ2n) is 7.32. The van der Waals surface area contributed by atoms with Gasteiger partial charge in [-0.3, -0.25) is 14.7 Å². The Balaban J connectivity index is 1.98. The van der Waals surface area contributed by atoms with E-state index in [1.807, 2.05) is 24.8 Å². The summed E-state index contributed by atoms with van der Waals surface area (Å²) >= 11 is 0. The molecule has 2 aromatic rings. The highest BCUT2D eigenvalue weighted by molar-refractivity contribution is 5.97. The van der Waals surface area contributed by atoms with Crippen molar-refractivity contribution in [1.82, 2.24) is 19.7 Å². The fourth-order valence-electron chi connectivity index (χ4n) is 4.16. The van der Waals surface area contributed by atoms with Gasteiger partial charge in [0.05, 0.1) is 29.1 Å². The van der Waals surface area contributed by atoms with Gasteiger partial charge < -0.3 is 15.2 Å². The SMILES string of the molecule is Cc1cc(C(=O)N2CCCCC2c2[nH]ncc2C(N)=O)c(C)n1C(C)C. The molecule has 7 heteroatoms. The summed E-state index contributed by atoms with van der Waals surface area (Å²) in [5.41, 5.74) is 9.26. The third kappa shape index (κ3) is 3.02. The number of nitrogens with two attached hydrogens (primary N) is 1. The van der Waals surface area contributed by atoms with E-state index in [1.165, 1.54) is 6.20 Å². The standard InChI is InChI=1S/C19H27N5O2/c1-11(2)24-12(3)9-14(13(24)4)19(26)23-8-6-5-7-16(23)17-15(18(20)25)10-21-22-17/h9-11,16H,5-8H2,1-4H3,(H2,20,25)(H,21,22). The van der Waals surface area contributed by atoms with Crippen molar-refractivity contribution in [2.75, 3.05) is 6.54 Å². The first-order valence-corrected chi connectivity index (χ1v) is 9.15. The molecule has 0 aromatic carbocycles. The van der Waals surface area contributed by atoms with Crippen molar-refractivity contribution in [2.24, 2.45) is 5.73 Å². The monoisotopic (exact) mass is 357 g/mol. The van der Waals surface area contributed by atoms with E-state index >= 15 is 0 Å². The Bertz CT molecular complexity index is 833. The highest BCUT2D eigenvalue weighted by Crippen LogP contribution is 2.34. The zero-order valence-electron chi connectivity index (χ0n) is 15.9. The minimum Gasteiger partial charge on any atom is -0.365 e. The molecular weight excluding hydrogens is 330 g/mol. The largest absolute Gasteiger partial charge is 0.365 e. The van der Waals surface area contributed by atoms with Gasteiger partial charge in [-0.1, -0.05) is 0 Å². The number of nitrogens with zero attached hydrogens (tertiary/aromatic N) is 3. The predicted octanol–water partition coefficient (Wildman–Crippen LogP) is 2.88. The molecule has 140 valence electrons. The average Bonchev–Trinajstić information content (AvgIpc) is 3.19. The van der Waals surface area contributed by atoms with Crippen LogP contribution in [0.3, 0.4) is 0 Å². The summed E-state index contributed by atoms with van der Waals surface area (Å²) in [4.78, 5) is 26.9. The molecule has 0 bridgehead atoms. The maximum absolute atomic E-state index is 13.4. The van der Waals surface area contributed by atoms with Crippen LogP contribution in [0.25, 0.3) is 0 Å². The molecule has 1 aliphatic heterocycles. The minimum atomic E-state index is -0.523. The molecule has 1 saturated heterocycles. The number of aromatic nitrogens is 3. The van der Waals surface area contributed by atoms with E-state index in [1.54, 1.807) is 0 Å². The molecule has 7 nitrogen and oxygen atoms in total. The van der Waals surface area contributed by atoms with Gasteiger partial charge in [-0.2, -0.15) is 5.10 Å². The number of aromatic amines is 1. The third-order valence-corrected chi connectivity index (χ3v) is 5.26. The number of rotatable bonds is 4. The Kier molecular flexibility index (Phi) is 4.89. The van der Waals surface area contributed by atoms with Crippen LogP contribution in [-0.2, 0) is 0 Å². The first-order chi connectivity index (χ1) is 12.3. The lowest BCUT2D eigenvalue weighted by atomic mass is 9.96. The number of aryl methyl sites for hydroxylation is 1. The summed E-state index contributed by atoms with van der Waals surface area (Å²) in [6, 6.07) is 2.05. The van der Waals surface area contributed by atoms with Gasteiger partial charge in [-0.25, -0.2) is 0 Å². The van der Waals surface area contributed by atoms with Gasteiger partial charge in [-0.05, 0) is 53.0 Å². The predicted molar refractivity (Wildman–Crippen MR) is 99.0 cm³/mol. The molecule has 2 amide bonds. The summed E-state index contributed by atoms with van der Waals surface area (Å²) < 4.78 is 2.18. The van der Waals surface area contributed by atoms with Gasteiger partial charge in [0.15, 0.2) is 0 Å². The molecule has 0 spiro atoms. The lowest BCUT2D eigenvalue weighted by Gasteiger charge is -2.35. The summed E-state index contributed by atoms with van der Waals surface area (Å²) in [6.07, 6.45) is 4.18. The van der Waals surface area contributed by atoms with E-state index in [9.17, 15) is 9.59 Å². The molecule has 2 aromatic heterocycles. The van der Waals surface area contributed by atoms with Crippen LogP contribution in [0.5, 0.6) is 0 Å². The summed E-state index contributed by atoms with van der Waals surface area (Å²) in [7, 11) is 0. The van der Waals surface area contributed by atoms with Gasteiger partial charge in [0.1, 0.15) is 0 Å². The second kappa shape index (κ2) is 6.97. The highest BCUT2D eigenvalue weighted by atomic mass is 16.2. The molecule has 0 radical (unpaired) electrons. The van der Waals surface area contributed by atoms with Crippen molar-refractivity contribution in [1.29, 1.82) is 0 Å². The topological polar surface area (TPSA) is 97.0 Å². The normalized spacial score (nSPS) is 17.7. The molecule has 1 fully saturated rings. The molecule has 0 aliphatic carbocycles. The maximum Gasteiger partial charge on any atom is 0.256 e. The molecule has 1 aliphatic rings. The van der Waals surface area contributed by atoms with Gasteiger partial charge >= 0.3 is 0 Å². The third-order valence-electron chi connectivity index (χ3n) is 5.26. The zero-order chi connectivity index (χ0) is 19.0. The van der Waals surface area contributed by atoms with Crippen LogP contribution in [0.2, 0.25) is 0 Å². The number of carbonyl (C=O) groups is 2. The van der Waals surface area contributed by atoms with Gasteiger partial charge in [0.25, 0.3) is 11.8 Å². The van der Waals surface area contributed by atoms with Crippen LogP contribution in [0, 0.1) is 13.8 Å². The van der Waals surface area contributed by atoms with Crippen molar-refractivity contribution >= 4 is 11.8 Å². The van der Waals surface area contributed by atoms with Gasteiger partial charge in [0.2, 0.25) is 0 Å². The lowest BCUT2D eigenvalue weighted by molar-refractivity contribution is 0.0602. The molecule has 3 heterocycles.